The molecular formula is C7H20Cl2. The van der Waals surface area contributed by atoms with E-state index in [0.717, 1.165) is 0 Å². The standard InChI is InChI=1S/C6H14.CH4.2ClH/c1-3-5-6-4-2;;;/h3-6H2,1-2H3;1H4;2*1H. The van der Waals surface area contributed by atoms with Gasteiger partial charge >= 0.3 is 0 Å². The van der Waals surface area contributed by atoms with Gasteiger partial charge in [-0.05, 0) is 0 Å². The van der Waals surface area contributed by atoms with Crippen molar-refractivity contribution >= 4 is 24.8 Å². The van der Waals surface area contributed by atoms with E-state index in [2.05, 4.69) is 13.8 Å². The average molecular weight is 175 g/mol. The molecular weight excluding hydrogens is 155 g/mol. The summed E-state index contributed by atoms with van der Waals surface area (Å²) >= 11 is 0. The van der Waals surface area contributed by atoms with Crippen molar-refractivity contribution in [1.29, 1.82) is 0 Å². The molecule has 0 aromatic carbocycles. The predicted octanol–water partition coefficient (Wildman–Crippen LogP) is 4.07. The highest BCUT2D eigenvalue weighted by Gasteiger charge is 1.75. The summed E-state index contributed by atoms with van der Waals surface area (Å²) in [6, 6.07) is 0. The fourth-order valence-electron chi connectivity index (χ4n) is 0.500. The normalized spacial score (nSPS) is 6.00. The summed E-state index contributed by atoms with van der Waals surface area (Å²) in [7, 11) is 0. The van der Waals surface area contributed by atoms with E-state index in [-0.39, 0.29) is 32.2 Å². The number of hydrogen-bond acceptors (Lipinski definition) is 0. The van der Waals surface area contributed by atoms with E-state index >= 15 is 0 Å². The van der Waals surface area contributed by atoms with E-state index < -0.39 is 0 Å². The van der Waals surface area contributed by atoms with Crippen molar-refractivity contribution in [3.63, 3.8) is 0 Å². The molecule has 9 heavy (non-hydrogen) atoms. The van der Waals surface area contributed by atoms with Gasteiger partial charge in [0.25, 0.3) is 0 Å². The van der Waals surface area contributed by atoms with Gasteiger partial charge < -0.3 is 0 Å². The van der Waals surface area contributed by atoms with Crippen LogP contribution in [0.25, 0.3) is 0 Å². The average Bonchev–Trinajstić information content (AvgIpc) is 1.61. The Kier molecular flexibility index (Phi) is 59.1. The van der Waals surface area contributed by atoms with Crippen molar-refractivity contribution in [3.05, 3.63) is 0 Å². The van der Waals surface area contributed by atoms with Gasteiger partial charge in [0.1, 0.15) is 0 Å². The Morgan fingerprint density at radius 1 is 0.778 bits per heavy atom. The Morgan fingerprint density at radius 2 is 1.00 bits per heavy atom. The van der Waals surface area contributed by atoms with E-state index in [1.165, 1.54) is 25.7 Å². The van der Waals surface area contributed by atoms with Crippen LogP contribution in [0.5, 0.6) is 0 Å². The molecule has 0 aliphatic rings. The van der Waals surface area contributed by atoms with E-state index in [1.54, 1.807) is 0 Å². The zero-order valence-corrected chi connectivity index (χ0v) is 7.28. The molecule has 62 valence electrons. The van der Waals surface area contributed by atoms with Crippen LogP contribution >= 0.6 is 24.8 Å². The van der Waals surface area contributed by atoms with Crippen LogP contribution < -0.4 is 0 Å². The van der Waals surface area contributed by atoms with Crippen LogP contribution in [0.3, 0.4) is 0 Å². The van der Waals surface area contributed by atoms with Crippen molar-refractivity contribution in [1.82, 2.24) is 0 Å². The smallest absolute Gasteiger partial charge is 0.0536 e. The zero-order valence-electron chi connectivity index (χ0n) is 5.64. The maximum absolute atomic E-state index is 2.23. The Morgan fingerprint density at radius 3 is 1.11 bits per heavy atom. The molecule has 0 nitrogen and oxygen atoms in total. The maximum atomic E-state index is 2.23. The molecule has 0 spiro atoms. The molecule has 0 amide bonds. The lowest BCUT2D eigenvalue weighted by Crippen LogP contribution is -1.66. The van der Waals surface area contributed by atoms with E-state index in [4.69, 9.17) is 0 Å². The van der Waals surface area contributed by atoms with Crippen LogP contribution in [0.15, 0.2) is 0 Å². The first-order chi connectivity index (χ1) is 2.91. The van der Waals surface area contributed by atoms with E-state index in [9.17, 15) is 0 Å². The molecule has 0 aliphatic heterocycles. The number of hydrogen-bond donors (Lipinski definition) is 0. The summed E-state index contributed by atoms with van der Waals surface area (Å²) in [6.07, 6.45) is 5.54. The first kappa shape index (κ1) is 22.7. The minimum absolute atomic E-state index is 0. The van der Waals surface area contributed by atoms with Crippen LogP contribution in [0.1, 0.15) is 47.0 Å². The summed E-state index contributed by atoms with van der Waals surface area (Å²) in [4.78, 5) is 0. The largest absolute Gasteiger partial charge is 0.147 e. The Labute approximate surface area is 72.2 Å². The lowest BCUT2D eigenvalue weighted by Gasteiger charge is -1.86. The molecule has 0 N–H and O–H groups in total. The van der Waals surface area contributed by atoms with Crippen LogP contribution in [0.2, 0.25) is 0 Å². The molecule has 0 bridgehead atoms. The first-order valence-corrected chi connectivity index (χ1v) is 2.91. The van der Waals surface area contributed by atoms with Crippen molar-refractivity contribution in [2.45, 2.75) is 47.0 Å². The molecule has 0 fully saturated rings. The van der Waals surface area contributed by atoms with Crippen molar-refractivity contribution in [3.8, 4) is 0 Å². The number of unbranched alkanes of at least 4 members (excludes halogenated alkanes) is 3. The molecule has 0 atom stereocenters. The van der Waals surface area contributed by atoms with Gasteiger partial charge in [-0.1, -0.05) is 47.0 Å². The van der Waals surface area contributed by atoms with Crippen LogP contribution in [-0.2, 0) is 0 Å². The summed E-state index contributed by atoms with van der Waals surface area (Å²) in [5, 5.41) is 0. The molecule has 0 rings (SSSR count). The Bertz CT molecular complexity index is 18.9. The van der Waals surface area contributed by atoms with Crippen molar-refractivity contribution < 1.29 is 0 Å². The van der Waals surface area contributed by atoms with E-state index in [1.807, 2.05) is 0 Å². The second-order valence-electron chi connectivity index (χ2n) is 1.71. The fraction of sp³-hybridized carbons (Fsp3) is 1.00. The van der Waals surface area contributed by atoms with Crippen LogP contribution in [-0.4, -0.2) is 0 Å². The second-order valence-corrected chi connectivity index (χ2v) is 1.71. The van der Waals surface area contributed by atoms with E-state index in [0.29, 0.717) is 0 Å². The summed E-state index contributed by atoms with van der Waals surface area (Å²) in [5.41, 5.74) is 0. The highest BCUT2D eigenvalue weighted by molar-refractivity contribution is 5.85. The lowest BCUT2D eigenvalue weighted by molar-refractivity contribution is 0.702. The van der Waals surface area contributed by atoms with Crippen molar-refractivity contribution in [2.24, 2.45) is 0 Å². The third kappa shape index (κ3) is 29.0. The summed E-state index contributed by atoms with van der Waals surface area (Å²) in [5.74, 6) is 0. The van der Waals surface area contributed by atoms with Crippen LogP contribution in [0.4, 0.5) is 0 Å². The van der Waals surface area contributed by atoms with Gasteiger partial charge in [0, 0.05) is 0 Å². The number of halogens is 2. The molecule has 0 heterocycles. The molecule has 0 unspecified atom stereocenters. The summed E-state index contributed by atoms with van der Waals surface area (Å²) < 4.78 is 0. The second kappa shape index (κ2) is 23.5. The zero-order chi connectivity index (χ0) is 4.83. The SMILES string of the molecule is C.CCCCCC.Cl.Cl. The molecule has 0 radical (unpaired) electrons. The van der Waals surface area contributed by atoms with Gasteiger partial charge in [-0.2, -0.15) is 0 Å². The monoisotopic (exact) mass is 174 g/mol. The topological polar surface area (TPSA) is 0 Å². The molecule has 0 saturated carbocycles. The minimum Gasteiger partial charge on any atom is -0.147 e. The van der Waals surface area contributed by atoms with Gasteiger partial charge in [-0.3, -0.25) is 0 Å². The summed E-state index contributed by atoms with van der Waals surface area (Å²) in [6.45, 7) is 4.46. The quantitative estimate of drug-likeness (QED) is 0.567. The third-order valence-corrected chi connectivity index (χ3v) is 0.957. The molecule has 0 saturated heterocycles. The molecule has 0 aliphatic carbocycles. The van der Waals surface area contributed by atoms with Gasteiger partial charge in [0.05, 0.1) is 0 Å². The van der Waals surface area contributed by atoms with Gasteiger partial charge in [0.15, 0.2) is 0 Å². The van der Waals surface area contributed by atoms with Crippen LogP contribution in [0, 0.1) is 0 Å². The highest BCUT2D eigenvalue weighted by atomic mass is 35.5. The predicted molar refractivity (Wildman–Crippen MR) is 51.0 cm³/mol. The third-order valence-electron chi connectivity index (χ3n) is 0.957. The Hall–Kier alpha value is 0.580. The van der Waals surface area contributed by atoms with Gasteiger partial charge in [-0.15, -0.1) is 24.8 Å². The molecule has 0 aromatic rings. The highest BCUT2D eigenvalue weighted by Crippen LogP contribution is 1.95. The van der Waals surface area contributed by atoms with Crippen molar-refractivity contribution in [2.75, 3.05) is 0 Å². The maximum Gasteiger partial charge on any atom is -0.0536 e. The van der Waals surface area contributed by atoms with Gasteiger partial charge in [-0.25, -0.2) is 0 Å². The number of rotatable bonds is 3. The fourth-order valence-corrected chi connectivity index (χ4v) is 0.500. The first-order valence-electron chi connectivity index (χ1n) is 2.91. The molecule has 0 aromatic heterocycles. The lowest BCUT2D eigenvalue weighted by atomic mass is 10.2. The Balaban J connectivity index is -0.0000000417. The molecule has 2 heteroatoms. The van der Waals surface area contributed by atoms with Gasteiger partial charge in [0.2, 0.25) is 0 Å². The minimum atomic E-state index is 0.